The van der Waals surface area contributed by atoms with Crippen LogP contribution in [0.4, 0.5) is 11.5 Å². The molecule has 2 atom stereocenters. The molecule has 1 saturated heterocycles. The van der Waals surface area contributed by atoms with E-state index in [0.29, 0.717) is 43.0 Å². The number of benzene rings is 1. The summed E-state index contributed by atoms with van der Waals surface area (Å²) in [7, 11) is -3.38. The summed E-state index contributed by atoms with van der Waals surface area (Å²) < 4.78 is 25.7. The molecule has 1 aromatic heterocycles. The van der Waals surface area contributed by atoms with Crippen molar-refractivity contribution in [3.8, 4) is 0 Å². The van der Waals surface area contributed by atoms with Gasteiger partial charge in [0.05, 0.1) is 17.9 Å². The number of anilines is 2. The molecule has 0 radical (unpaired) electrons. The molecule has 9 heteroatoms. The van der Waals surface area contributed by atoms with E-state index in [1.807, 2.05) is 26.0 Å². The molecule has 2 aromatic rings. The van der Waals surface area contributed by atoms with Gasteiger partial charge in [0.15, 0.2) is 0 Å². The first-order valence-corrected chi connectivity index (χ1v) is 12.6. The van der Waals surface area contributed by atoms with Crippen LogP contribution >= 0.6 is 0 Å². The molecule has 0 saturated carbocycles. The van der Waals surface area contributed by atoms with Crippen LogP contribution in [0.2, 0.25) is 0 Å². The summed E-state index contributed by atoms with van der Waals surface area (Å²) in [4.78, 5) is 32.0. The molecule has 2 amide bonds. The molecule has 0 aliphatic carbocycles. The maximum atomic E-state index is 13.2. The molecule has 0 bridgehead atoms. The highest BCUT2D eigenvalue weighted by Gasteiger charge is 2.34. The van der Waals surface area contributed by atoms with Crippen LogP contribution in [0.3, 0.4) is 0 Å². The van der Waals surface area contributed by atoms with Crippen LogP contribution in [0, 0.1) is 12.8 Å². The molecular weight excluding hydrogens is 428 g/mol. The molecule has 1 aromatic carbocycles. The molecule has 4 rings (SSSR count). The number of sulfonamides is 1. The lowest BCUT2D eigenvalue weighted by Gasteiger charge is -2.32. The summed E-state index contributed by atoms with van der Waals surface area (Å²) in [5, 5.41) is 2.86. The smallest absolute Gasteiger partial charge is 0.253 e. The molecule has 1 N–H and O–H groups in total. The Kier molecular flexibility index (Phi) is 5.94. The van der Waals surface area contributed by atoms with Gasteiger partial charge in [-0.25, -0.2) is 13.4 Å². The number of hydrogen-bond acceptors (Lipinski definition) is 5. The van der Waals surface area contributed by atoms with Gasteiger partial charge in [-0.15, -0.1) is 0 Å². The van der Waals surface area contributed by atoms with Gasteiger partial charge < -0.3 is 10.2 Å². The zero-order valence-corrected chi connectivity index (χ0v) is 19.4. The van der Waals surface area contributed by atoms with Crippen molar-refractivity contribution in [2.75, 3.05) is 29.0 Å². The Morgan fingerprint density at radius 2 is 1.97 bits per heavy atom. The Balaban J connectivity index is 1.47. The van der Waals surface area contributed by atoms with Gasteiger partial charge in [-0.2, -0.15) is 0 Å². The summed E-state index contributed by atoms with van der Waals surface area (Å²) in [5.74, 6) is -0.0524. The quantitative estimate of drug-likeness (QED) is 0.762. The number of likely N-dealkylation sites (tertiary alicyclic amines) is 1. The second-order valence-electron chi connectivity index (χ2n) is 8.70. The van der Waals surface area contributed by atoms with Crippen molar-refractivity contribution in [1.82, 2.24) is 9.88 Å². The van der Waals surface area contributed by atoms with Crippen LogP contribution in [0.5, 0.6) is 0 Å². The lowest BCUT2D eigenvalue weighted by atomic mass is 9.96. The highest BCUT2D eigenvalue weighted by molar-refractivity contribution is 7.92. The SMILES string of the molecule is Cc1cccc(NC(=O)[C@@H]2CCCN(C(=O)c3ccc4c(c3)C[C@H](C)N4S(C)(=O)=O)C2)n1. The van der Waals surface area contributed by atoms with Crippen LogP contribution in [-0.4, -0.2) is 55.5 Å². The zero-order chi connectivity index (χ0) is 23.0. The first kappa shape index (κ1) is 22.3. The molecule has 3 heterocycles. The summed E-state index contributed by atoms with van der Waals surface area (Å²) in [6.07, 6.45) is 3.22. The van der Waals surface area contributed by atoms with Gasteiger partial charge in [0.2, 0.25) is 15.9 Å². The zero-order valence-electron chi connectivity index (χ0n) is 18.5. The minimum Gasteiger partial charge on any atom is -0.338 e. The van der Waals surface area contributed by atoms with E-state index in [1.54, 1.807) is 29.2 Å². The number of aryl methyl sites for hydroxylation is 1. The Bertz CT molecular complexity index is 1160. The second-order valence-corrected chi connectivity index (χ2v) is 10.6. The standard InChI is InChI=1S/C23H28N4O4S/c1-15-6-4-8-21(24-15)25-22(28)18-7-5-11-26(14-18)23(29)17-9-10-20-19(13-17)12-16(2)27(20)32(3,30)31/h4,6,8-10,13,16,18H,5,7,11-12,14H2,1-3H3,(H,24,25,28)/t16-,18+/m0/s1. The first-order chi connectivity index (χ1) is 15.1. The number of aromatic nitrogens is 1. The Labute approximate surface area is 188 Å². The monoisotopic (exact) mass is 456 g/mol. The van der Waals surface area contributed by atoms with Gasteiger partial charge in [-0.1, -0.05) is 6.07 Å². The van der Waals surface area contributed by atoms with Gasteiger partial charge in [0.1, 0.15) is 5.82 Å². The lowest BCUT2D eigenvalue weighted by Crippen LogP contribution is -2.43. The number of nitrogens with zero attached hydrogens (tertiary/aromatic N) is 3. The number of hydrogen-bond donors (Lipinski definition) is 1. The molecular formula is C23H28N4O4S. The van der Waals surface area contributed by atoms with E-state index in [9.17, 15) is 18.0 Å². The maximum absolute atomic E-state index is 13.2. The van der Waals surface area contributed by atoms with Crippen molar-refractivity contribution < 1.29 is 18.0 Å². The van der Waals surface area contributed by atoms with Crippen LogP contribution in [0.1, 0.15) is 41.4 Å². The van der Waals surface area contributed by atoms with Gasteiger partial charge >= 0.3 is 0 Å². The van der Waals surface area contributed by atoms with E-state index >= 15 is 0 Å². The highest BCUT2D eigenvalue weighted by Crippen LogP contribution is 2.35. The van der Waals surface area contributed by atoms with E-state index in [2.05, 4.69) is 10.3 Å². The van der Waals surface area contributed by atoms with Crippen molar-refractivity contribution in [3.05, 3.63) is 53.2 Å². The Hall–Kier alpha value is -2.94. The largest absolute Gasteiger partial charge is 0.338 e. The molecule has 2 aliphatic heterocycles. The van der Waals surface area contributed by atoms with Crippen molar-refractivity contribution in [2.24, 2.45) is 5.92 Å². The van der Waals surface area contributed by atoms with Crippen molar-refractivity contribution >= 4 is 33.3 Å². The third-order valence-electron chi connectivity index (χ3n) is 6.06. The summed E-state index contributed by atoms with van der Waals surface area (Å²) in [5.41, 5.74) is 2.83. The third kappa shape index (κ3) is 4.48. The van der Waals surface area contributed by atoms with E-state index in [1.165, 1.54) is 10.6 Å². The number of amides is 2. The number of pyridine rings is 1. The predicted molar refractivity (Wildman–Crippen MR) is 123 cm³/mol. The molecule has 1 fully saturated rings. The van der Waals surface area contributed by atoms with Gasteiger partial charge in [-0.3, -0.25) is 13.9 Å². The van der Waals surface area contributed by atoms with E-state index < -0.39 is 10.0 Å². The average Bonchev–Trinajstić information content (AvgIpc) is 3.08. The Morgan fingerprint density at radius 1 is 1.19 bits per heavy atom. The van der Waals surface area contributed by atoms with Crippen LogP contribution in [-0.2, 0) is 21.2 Å². The molecule has 2 aliphatic rings. The van der Waals surface area contributed by atoms with Crippen molar-refractivity contribution in [2.45, 2.75) is 39.2 Å². The maximum Gasteiger partial charge on any atom is 0.253 e. The molecule has 32 heavy (non-hydrogen) atoms. The average molecular weight is 457 g/mol. The molecule has 0 unspecified atom stereocenters. The number of fused-ring (bicyclic) bond motifs is 1. The first-order valence-electron chi connectivity index (χ1n) is 10.8. The van der Waals surface area contributed by atoms with Gasteiger partial charge in [0.25, 0.3) is 5.91 Å². The van der Waals surface area contributed by atoms with E-state index in [-0.39, 0.29) is 23.8 Å². The minimum atomic E-state index is -3.38. The van der Waals surface area contributed by atoms with Crippen LogP contribution < -0.4 is 9.62 Å². The molecule has 0 spiro atoms. The normalized spacial score (nSPS) is 20.7. The van der Waals surface area contributed by atoms with Crippen LogP contribution in [0.25, 0.3) is 0 Å². The lowest BCUT2D eigenvalue weighted by molar-refractivity contribution is -0.121. The second kappa shape index (κ2) is 8.54. The van der Waals surface area contributed by atoms with E-state index in [0.717, 1.165) is 17.7 Å². The fourth-order valence-electron chi connectivity index (χ4n) is 4.64. The summed E-state index contributed by atoms with van der Waals surface area (Å²) in [6.45, 7) is 4.66. The third-order valence-corrected chi connectivity index (χ3v) is 7.33. The topological polar surface area (TPSA) is 99.7 Å². The number of rotatable bonds is 4. The molecule has 8 nitrogen and oxygen atoms in total. The Morgan fingerprint density at radius 3 is 2.69 bits per heavy atom. The number of carbonyl (C=O) groups excluding carboxylic acids is 2. The van der Waals surface area contributed by atoms with Crippen molar-refractivity contribution in [3.63, 3.8) is 0 Å². The summed E-state index contributed by atoms with van der Waals surface area (Å²) >= 11 is 0. The molecule has 170 valence electrons. The van der Waals surface area contributed by atoms with E-state index in [4.69, 9.17) is 0 Å². The van der Waals surface area contributed by atoms with Gasteiger partial charge in [-0.05, 0) is 69.0 Å². The number of nitrogens with one attached hydrogen (secondary N) is 1. The highest BCUT2D eigenvalue weighted by atomic mass is 32.2. The van der Waals surface area contributed by atoms with Crippen molar-refractivity contribution in [1.29, 1.82) is 0 Å². The number of carbonyl (C=O) groups is 2. The summed E-state index contributed by atoms with van der Waals surface area (Å²) in [6, 6.07) is 10.5. The fraction of sp³-hybridized carbons (Fsp3) is 0.435. The van der Waals surface area contributed by atoms with Crippen LogP contribution in [0.15, 0.2) is 36.4 Å². The minimum absolute atomic E-state index is 0.132. The predicted octanol–water partition coefficient (Wildman–Crippen LogP) is 2.59. The fourth-order valence-corrected chi connectivity index (χ4v) is 5.90. The number of piperidine rings is 1. The van der Waals surface area contributed by atoms with Gasteiger partial charge in [0, 0.05) is 30.4 Å².